The summed E-state index contributed by atoms with van der Waals surface area (Å²) >= 11 is 0. The van der Waals surface area contributed by atoms with Crippen molar-refractivity contribution in [3.63, 3.8) is 0 Å². The molecule has 2 amide bonds. The number of carbonyl (C=O) groups excluding carboxylic acids is 4. The van der Waals surface area contributed by atoms with Gasteiger partial charge in [-0.2, -0.15) is 10.2 Å². The molecule has 0 spiro atoms. The van der Waals surface area contributed by atoms with Crippen LogP contribution in [0.1, 0.15) is 60.6 Å². The summed E-state index contributed by atoms with van der Waals surface area (Å²) in [6.07, 6.45) is 2.38. The average molecular weight is 825 g/mol. The maximum Gasteiger partial charge on any atom is 1.00 e. The number of benzene rings is 2. The van der Waals surface area contributed by atoms with Crippen LogP contribution in [0.4, 0.5) is 0 Å². The van der Waals surface area contributed by atoms with Crippen LogP contribution in [0.3, 0.4) is 0 Å². The molecule has 2 fully saturated rings. The Morgan fingerprint density at radius 3 is 1.60 bits per heavy atom. The van der Waals surface area contributed by atoms with Gasteiger partial charge in [-0.15, -0.1) is 0 Å². The minimum Gasteiger partial charge on any atom is -0.543 e. The van der Waals surface area contributed by atoms with E-state index < -0.39 is 36.0 Å². The molecule has 0 radical (unpaired) electrons. The Labute approximate surface area is 371 Å². The van der Waals surface area contributed by atoms with Crippen molar-refractivity contribution in [1.82, 2.24) is 29.4 Å². The molecule has 8 rings (SSSR count). The number of hydrogen-bond donors (Lipinski definition) is 2. The van der Waals surface area contributed by atoms with Gasteiger partial charge in [0, 0.05) is 35.6 Å². The smallest absolute Gasteiger partial charge is 0.543 e. The fourth-order valence-electron chi connectivity index (χ4n) is 8.71. The Kier molecular flexibility index (Phi) is 13.8. The first-order chi connectivity index (χ1) is 28.3. The maximum absolute atomic E-state index is 12.8. The number of carboxylic acid groups (broad SMARTS) is 1. The molecule has 60 heavy (non-hydrogen) atoms. The van der Waals surface area contributed by atoms with E-state index in [0.29, 0.717) is 48.5 Å². The second-order valence-electron chi connectivity index (χ2n) is 15.6. The fourth-order valence-corrected chi connectivity index (χ4v) is 8.71. The van der Waals surface area contributed by atoms with Gasteiger partial charge < -0.3 is 34.7 Å². The van der Waals surface area contributed by atoms with Crippen molar-refractivity contribution in [2.24, 2.45) is 11.8 Å². The van der Waals surface area contributed by atoms with Gasteiger partial charge in [0.1, 0.15) is 12.3 Å². The quantitative estimate of drug-likeness (QED) is 0.0760. The topological polar surface area (TPSA) is 183 Å². The van der Waals surface area contributed by atoms with Crippen LogP contribution in [0.2, 0.25) is 0 Å². The molecule has 6 heterocycles. The third-order valence-electron chi connectivity index (χ3n) is 11.7. The Morgan fingerprint density at radius 1 is 0.783 bits per heavy atom. The predicted molar refractivity (Wildman–Crippen MR) is 215 cm³/mol. The number of aliphatic carboxylic acids is 1. The van der Waals surface area contributed by atoms with Crippen LogP contribution in [-0.4, -0.2) is 94.2 Å². The summed E-state index contributed by atoms with van der Waals surface area (Å²) < 4.78 is 9.04. The Morgan fingerprint density at radius 2 is 1.20 bits per heavy atom. The van der Waals surface area contributed by atoms with Crippen LogP contribution in [0.25, 0.3) is 11.1 Å². The van der Waals surface area contributed by atoms with E-state index in [-0.39, 0.29) is 71.5 Å². The van der Waals surface area contributed by atoms with Crippen molar-refractivity contribution >= 4 is 34.9 Å². The van der Waals surface area contributed by atoms with Gasteiger partial charge in [-0.25, -0.2) is 4.79 Å². The number of ether oxygens (including phenoxy) is 1. The normalized spacial score (nSPS) is 21.2. The van der Waals surface area contributed by atoms with Gasteiger partial charge in [-0.3, -0.25) is 19.0 Å². The molecule has 2 aromatic heterocycles. The third kappa shape index (κ3) is 8.57. The van der Waals surface area contributed by atoms with E-state index in [1.54, 1.807) is 13.8 Å². The van der Waals surface area contributed by atoms with E-state index in [4.69, 9.17) is 9.84 Å². The van der Waals surface area contributed by atoms with Crippen molar-refractivity contribution in [1.29, 1.82) is 0 Å². The van der Waals surface area contributed by atoms with Gasteiger partial charge >= 0.3 is 35.5 Å². The third-order valence-corrected chi connectivity index (χ3v) is 11.7. The molecule has 2 saturated heterocycles. The average Bonchev–Trinajstić information content (AvgIpc) is 3.96. The second-order valence-corrected chi connectivity index (χ2v) is 15.6. The number of rotatable bonds is 14. The number of β-lactam (4-membered cyclic amide) rings is 2. The molecule has 6 atom stereocenters. The van der Waals surface area contributed by atoms with Crippen LogP contribution in [0.15, 0.2) is 96.8 Å². The summed E-state index contributed by atoms with van der Waals surface area (Å²) in [5, 5.41) is 41.0. The number of aromatic nitrogens is 4. The molecule has 0 saturated carbocycles. The van der Waals surface area contributed by atoms with E-state index in [9.17, 15) is 34.5 Å². The zero-order valence-electron chi connectivity index (χ0n) is 34.7. The second kappa shape index (κ2) is 18.7. The molecule has 2 N–H and O–H groups in total. The fraction of sp³-hybridized carbons (Fsp3) is 0.378. The van der Waals surface area contributed by atoms with E-state index in [1.807, 2.05) is 71.7 Å². The van der Waals surface area contributed by atoms with Crippen LogP contribution < -0.4 is 34.7 Å². The summed E-state index contributed by atoms with van der Waals surface area (Å²) in [6.45, 7) is 12.1. The molecule has 4 aliphatic heterocycles. The minimum atomic E-state index is -1.38. The van der Waals surface area contributed by atoms with Crippen molar-refractivity contribution in [3.8, 4) is 0 Å². The Bertz CT molecular complexity index is 2330. The number of aliphatic hydroxyl groups excluding tert-OH is 2. The van der Waals surface area contributed by atoms with Crippen LogP contribution >= 0.6 is 0 Å². The molecular formula is C45H49N6NaO8. The molecular weight excluding hydrogens is 776 g/mol. The number of esters is 1. The van der Waals surface area contributed by atoms with Crippen LogP contribution in [0, 0.1) is 25.7 Å². The number of aliphatic hydroxyl groups is 2. The van der Waals surface area contributed by atoms with Crippen LogP contribution in [-0.2, 0) is 49.8 Å². The number of carbonyl (C=O) groups is 4. The first-order valence-corrected chi connectivity index (χ1v) is 20.0. The van der Waals surface area contributed by atoms with E-state index >= 15 is 0 Å². The summed E-state index contributed by atoms with van der Waals surface area (Å²) in [7, 11) is 0. The summed E-state index contributed by atoms with van der Waals surface area (Å²) in [5.74, 6) is -3.65. The summed E-state index contributed by atoms with van der Waals surface area (Å²) in [4.78, 5) is 52.2. The van der Waals surface area contributed by atoms with Gasteiger partial charge in [-0.1, -0.05) is 73.3 Å². The van der Waals surface area contributed by atoms with Crippen molar-refractivity contribution < 1.29 is 68.8 Å². The van der Waals surface area contributed by atoms with Crippen LogP contribution in [0.5, 0.6) is 0 Å². The molecule has 308 valence electrons. The number of amides is 2. The first kappa shape index (κ1) is 44.4. The van der Waals surface area contributed by atoms with E-state index in [0.717, 1.165) is 24.2 Å². The number of aryl methyl sites for hydroxylation is 6. The van der Waals surface area contributed by atoms with E-state index in [1.165, 1.54) is 27.0 Å². The van der Waals surface area contributed by atoms with Gasteiger partial charge in [-0.05, 0) is 76.6 Å². The maximum atomic E-state index is 12.8. The predicted octanol–water partition coefficient (Wildman–Crippen LogP) is -0.00326. The summed E-state index contributed by atoms with van der Waals surface area (Å²) in [6, 6.07) is 23.5. The Balaban J connectivity index is 0.000000199. The molecule has 14 nitrogen and oxygen atoms in total. The molecule has 0 unspecified atom stereocenters. The van der Waals surface area contributed by atoms with Gasteiger partial charge in [0.15, 0.2) is 0 Å². The van der Waals surface area contributed by atoms with Gasteiger partial charge in [0.2, 0.25) is 11.8 Å². The van der Waals surface area contributed by atoms with E-state index in [2.05, 4.69) is 35.9 Å². The standard InChI is InChI=1S/C24H27N3O4.C21H23N3O4.Na/c1-4-12-31-24(30)22-18(14-20-21(16(3)28)23(29)27(20)22)19-13-15(2)26(25-19)11-10-17-8-6-5-7-9-17;1-12-10-16(22-23(12)9-8-14-6-4-3-5-7-14)15-11-17-18(13(2)25)20(26)24(17)19(15)21(27)28;/h4-9,13,16,20-21,28H,1,10-12,14H2,2-3H3;3-7,10,13,17-18,25H,8-9,11H2,1-2H3,(H,27,28);/q;;+1/p-1/t16-,20-,21-;13-,17-,18-;/m11./s1. The number of hydrogen-bond acceptors (Lipinski definition) is 10. The first-order valence-electron chi connectivity index (χ1n) is 20.0. The number of carboxylic acids is 1. The van der Waals surface area contributed by atoms with Crippen molar-refractivity contribution in [2.75, 3.05) is 6.61 Å². The molecule has 15 heteroatoms. The zero-order valence-corrected chi connectivity index (χ0v) is 36.7. The minimum absolute atomic E-state index is 0. The van der Waals surface area contributed by atoms with Gasteiger partial charge in [0.25, 0.3) is 0 Å². The monoisotopic (exact) mass is 824 g/mol. The summed E-state index contributed by atoms with van der Waals surface area (Å²) in [5.41, 5.74) is 6.86. The molecule has 4 aromatic rings. The molecule has 4 aliphatic rings. The SMILES string of the molecule is C=CCOC(=O)C1=C(c2cc(C)n(CCc3ccccc3)n2)C[C@@H]2[C@@H]([C@@H](C)O)C(=O)N12.Cc1cc(C2=C(C(=O)[O-])N3C(=O)[C@H]([C@@H](C)O)[C@H]3C2)nn1CCc1ccccc1.[Na+]. The molecule has 0 aliphatic carbocycles. The zero-order chi connectivity index (χ0) is 42.1. The van der Waals surface area contributed by atoms with Gasteiger partial charge in [0.05, 0.1) is 59.2 Å². The molecule has 2 aromatic carbocycles. The van der Waals surface area contributed by atoms with Crippen molar-refractivity contribution in [3.05, 3.63) is 131 Å². The molecule has 0 bridgehead atoms. The van der Waals surface area contributed by atoms with Crippen molar-refractivity contribution in [2.45, 2.75) is 90.8 Å². The number of nitrogens with zero attached hydrogens (tertiary/aromatic N) is 6. The number of fused-ring (bicyclic) bond motifs is 2. The largest absolute Gasteiger partial charge is 1.00 e. The Hall–Kier alpha value is -5.12.